The normalized spacial score (nSPS) is 20.9. The lowest BCUT2D eigenvalue weighted by Gasteiger charge is -2.20. The van der Waals surface area contributed by atoms with Gasteiger partial charge in [-0.2, -0.15) is 0 Å². The zero-order chi connectivity index (χ0) is 13.8. The maximum Gasteiger partial charge on any atom is 0.175 e. The van der Waals surface area contributed by atoms with E-state index in [1.807, 2.05) is 12.1 Å². The fourth-order valence-corrected chi connectivity index (χ4v) is 3.68. The fraction of sp³-hybridized carbons (Fsp3) is 0.571. The molecular weight excluding hydrogens is 374 g/mol. The summed E-state index contributed by atoms with van der Waals surface area (Å²) in [7, 11) is 3.83. The lowest BCUT2D eigenvalue weighted by Crippen LogP contribution is -2.21. The minimum atomic E-state index is 0.264. The summed E-state index contributed by atoms with van der Waals surface area (Å²) in [5, 5.41) is 0. The van der Waals surface area contributed by atoms with E-state index in [1.165, 1.54) is 6.42 Å². The summed E-state index contributed by atoms with van der Waals surface area (Å²) in [6, 6.07) is 3.94. The second-order valence-corrected chi connectivity index (χ2v) is 6.66. The van der Waals surface area contributed by atoms with Crippen LogP contribution in [0.4, 0.5) is 0 Å². The Balaban J connectivity index is 2.13. The van der Waals surface area contributed by atoms with Crippen molar-refractivity contribution in [3.8, 4) is 11.5 Å². The van der Waals surface area contributed by atoms with E-state index in [4.69, 9.17) is 9.47 Å². The van der Waals surface area contributed by atoms with Gasteiger partial charge in [0.25, 0.3) is 0 Å². The maximum absolute atomic E-state index is 6.16. The molecule has 1 saturated heterocycles. The fourth-order valence-electron chi connectivity index (χ4n) is 2.33. The van der Waals surface area contributed by atoms with Crippen molar-refractivity contribution in [2.45, 2.75) is 25.4 Å². The number of halogens is 2. The summed E-state index contributed by atoms with van der Waals surface area (Å²) in [5.74, 6) is 1.57. The number of likely N-dealkylation sites (tertiary alicyclic amines) is 1. The molecule has 5 heteroatoms. The van der Waals surface area contributed by atoms with Crippen LogP contribution in [0.1, 0.15) is 19.3 Å². The van der Waals surface area contributed by atoms with E-state index in [9.17, 15) is 0 Å². The maximum atomic E-state index is 6.16. The summed E-state index contributed by atoms with van der Waals surface area (Å²) in [6.07, 6.45) is 3.60. The quantitative estimate of drug-likeness (QED) is 0.773. The molecule has 0 aliphatic carbocycles. The number of methoxy groups -OCH3 is 1. The molecule has 1 atom stereocenters. The molecule has 3 nitrogen and oxygen atoms in total. The molecule has 0 N–H and O–H groups in total. The lowest BCUT2D eigenvalue weighted by molar-refractivity contribution is 0.175. The zero-order valence-electron chi connectivity index (χ0n) is 11.3. The molecule has 106 valence electrons. The van der Waals surface area contributed by atoms with Gasteiger partial charge in [-0.05, 0) is 60.9 Å². The highest BCUT2D eigenvalue weighted by Crippen LogP contribution is 2.39. The molecule has 1 aromatic rings. The van der Waals surface area contributed by atoms with E-state index < -0.39 is 0 Å². The molecule has 2 rings (SSSR count). The van der Waals surface area contributed by atoms with Crippen LogP contribution in [0.3, 0.4) is 0 Å². The number of ether oxygens (including phenoxy) is 2. The van der Waals surface area contributed by atoms with Gasteiger partial charge in [0, 0.05) is 11.0 Å². The summed E-state index contributed by atoms with van der Waals surface area (Å²) < 4.78 is 13.5. The van der Waals surface area contributed by atoms with Crippen molar-refractivity contribution in [2.75, 3.05) is 27.2 Å². The highest BCUT2D eigenvalue weighted by molar-refractivity contribution is 9.11. The highest BCUT2D eigenvalue weighted by atomic mass is 79.9. The number of hydrogen-bond acceptors (Lipinski definition) is 3. The van der Waals surface area contributed by atoms with Crippen molar-refractivity contribution in [3.05, 3.63) is 21.1 Å². The van der Waals surface area contributed by atoms with Gasteiger partial charge in [-0.3, -0.25) is 0 Å². The number of benzene rings is 1. The Labute approximate surface area is 131 Å². The first kappa shape index (κ1) is 15.1. The molecule has 0 radical (unpaired) electrons. The largest absolute Gasteiger partial charge is 0.492 e. The molecule has 1 heterocycles. The number of rotatable bonds is 3. The SMILES string of the molecule is COc1c(Br)cc(Br)cc1OC1CCCN(C)CC1. The Hall–Kier alpha value is -0.260. The molecule has 1 unspecified atom stereocenters. The first-order valence-corrected chi connectivity index (χ1v) is 8.07. The summed E-state index contributed by atoms with van der Waals surface area (Å²) in [6.45, 7) is 2.24. The Bertz CT molecular complexity index is 440. The van der Waals surface area contributed by atoms with Gasteiger partial charge in [0.15, 0.2) is 11.5 Å². The van der Waals surface area contributed by atoms with Crippen LogP contribution < -0.4 is 9.47 Å². The van der Waals surface area contributed by atoms with Crippen LogP contribution in [-0.2, 0) is 0 Å². The van der Waals surface area contributed by atoms with E-state index in [-0.39, 0.29) is 6.10 Å². The molecule has 0 amide bonds. The second-order valence-electron chi connectivity index (χ2n) is 4.89. The average Bonchev–Trinajstić information content (AvgIpc) is 2.54. The second kappa shape index (κ2) is 6.95. The molecule has 0 saturated carbocycles. The molecule has 0 spiro atoms. The molecule has 0 aromatic heterocycles. The Morgan fingerprint density at radius 3 is 2.74 bits per heavy atom. The van der Waals surface area contributed by atoms with Gasteiger partial charge in [0.05, 0.1) is 11.6 Å². The molecular formula is C14H19Br2NO2. The predicted molar refractivity (Wildman–Crippen MR) is 84.2 cm³/mol. The molecule has 1 aliphatic heterocycles. The van der Waals surface area contributed by atoms with Crippen LogP contribution >= 0.6 is 31.9 Å². The monoisotopic (exact) mass is 391 g/mol. The Morgan fingerprint density at radius 2 is 2.00 bits per heavy atom. The molecule has 1 aromatic carbocycles. The van der Waals surface area contributed by atoms with Crippen LogP contribution in [0.5, 0.6) is 11.5 Å². The number of nitrogens with zero attached hydrogens (tertiary/aromatic N) is 1. The van der Waals surface area contributed by atoms with E-state index in [1.54, 1.807) is 7.11 Å². The smallest absolute Gasteiger partial charge is 0.175 e. The van der Waals surface area contributed by atoms with Gasteiger partial charge in [0.1, 0.15) is 6.10 Å². The summed E-state index contributed by atoms with van der Waals surface area (Å²) >= 11 is 7.00. The highest BCUT2D eigenvalue weighted by Gasteiger charge is 2.19. The average molecular weight is 393 g/mol. The van der Waals surface area contributed by atoms with E-state index in [0.29, 0.717) is 0 Å². The van der Waals surface area contributed by atoms with Gasteiger partial charge < -0.3 is 14.4 Å². The van der Waals surface area contributed by atoms with Crippen LogP contribution in [-0.4, -0.2) is 38.3 Å². The van der Waals surface area contributed by atoms with Gasteiger partial charge >= 0.3 is 0 Å². The van der Waals surface area contributed by atoms with Crippen LogP contribution in [0.15, 0.2) is 21.1 Å². The minimum absolute atomic E-state index is 0.264. The van der Waals surface area contributed by atoms with Crippen molar-refractivity contribution in [3.63, 3.8) is 0 Å². The third-order valence-corrected chi connectivity index (χ3v) is 4.42. The van der Waals surface area contributed by atoms with Crippen LogP contribution in [0, 0.1) is 0 Å². The van der Waals surface area contributed by atoms with Crippen molar-refractivity contribution >= 4 is 31.9 Å². The third-order valence-electron chi connectivity index (χ3n) is 3.37. The topological polar surface area (TPSA) is 21.7 Å². The van der Waals surface area contributed by atoms with E-state index >= 15 is 0 Å². The first-order valence-electron chi connectivity index (χ1n) is 6.48. The minimum Gasteiger partial charge on any atom is -0.492 e. The predicted octanol–water partition coefficient (Wildman–Crippen LogP) is 4.08. The van der Waals surface area contributed by atoms with Crippen molar-refractivity contribution in [1.82, 2.24) is 4.90 Å². The first-order chi connectivity index (χ1) is 9.10. The third kappa shape index (κ3) is 4.10. The molecule has 1 fully saturated rings. The van der Waals surface area contributed by atoms with E-state index in [0.717, 1.165) is 46.4 Å². The standard InChI is InChI=1S/C14H19Br2NO2/c1-17-6-3-4-11(5-7-17)19-13-9-10(15)8-12(16)14(13)18-2/h8-9,11H,3-7H2,1-2H3. The lowest BCUT2D eigenvalue weighted by atomic mass is 10.1. The molecule has 0 bridgehead atoms. The van der Waals surface area contributed by atoms with Crippen LogP contribution in [0.25, 0.3) is 0 Å². The van der Waals surface area contributed by atoms with Gasteiger partial charge in [-0.1, -0.05) is 15.9 Å². The summed E-state index contributed by atoms with van der Waals surface area (Å²) in [4.78, 5) is 2.36. The Kier molecular flexibility index (Phi) is 5.54. The van der Waals surface area contributed by atoms with Crippen molar-refractivity contribution in [2.24, 2.45) is 0 Å². The van der Waals surface area contributed by atoms with Crippen LogP contribution in [0.2, 0.25) is 0 Å². The zero-order valence-corrected chi connectivity index (χ0v) is 14.5. The summed E-state index contributed by atoms with van der Waals surface area (Å²) in [5.41, 5.74) is 0. The van der Waals surface area contributed by atoms with Gasteiger partial charge in [0.2, 0.25) is 0 Å². The number of hydrogen-bond donors (Lipinski definition) is 0. The van der Waals surface area contributed by atoms with Crippen molar-refractivity contribution in [1.29, 1.82) is 0 Å². The van der Waals surface area contributed by atoms with Crippen molar-refractivity contribution < 1.29 is 9.47 Å². The van der Waals surface area contributed by atoms with Gasteiger partial charge in [-0.25, -0.2) is 0 Å². The van der Waals surface area contributed by atoms with E-state index in [2.05, 4.69) is 43.8 Å². The van der Waals surface area contributed by atoms with Gasteiger partial charge in [-0.15, -0.1) is 0 Å². The molecule has 1 aliphatic rings. The molecule has 19 heavy (non-hydrogen) atoms. The Morgan fingerprint density at radius 1 is 1.21 bits per heavy atom.